The van der Waals surface area contributed by atoms with E-state index in [4.69, 9.17) is 18.1 Å². The summed E-state index contributed by atoms with van der Waals surface area (Å²) < 4.78 is 40.7. The Kier molecular flexibility index (Phi) is 7.93. The third-order valence-electron chi connectivity index (χ3n) is 4.54. The third-order valence-corrected chi connectivity index (χ3v) is 9.90. The topological polar surface area (TPSA) is 63.6 Å². The summed E-state index contributed by atoms with van der Waals surface area (Å²) in [6.45, 7) is 3.94. The number of benzene rings is 2. The summed E-state index contributed by atoms with van der Waals surface area (Å²) in [7, 11) is -2.84. The van der Waals surface area contributed by atoms with Crippen LogP contribution in [0, 0.1) is 0 Å². The second kappa shape index (κ2) is 10.4. The maximum absolute atomic E-state index is 14.0. The molecule has 1 aliphatic heterocycles. The molecule has 1 aliphatic rings. The van der Waals surface area contributed by atoms with Crippen LogP contribution < -0.4 is 9.05 Å². The number of hydrogen-bond donors (Lipinski definition) is 0. The van der Waals surface area contributed by atoms with Gasteiger partial charge in [0, 0.05) is 13.1 Å². The van der Waals surface area contributed by atoms with Gasteiger partial charge in [-0.15, -0.1) is 4.52 Å². The minimum atomic E-state index is -3.97. The molecule has 1 saturated heterocycles. The molecule has 30 heavy (non-hydrogen) atoms. The van der Waals surface area contributed by atoms with E-state index in [0.717, 1.165) is 19.5 Å². The smallest absolute Gasteiger partial charge is 0.399 e. The van der Waals surface area contributed by atoms with E-state index in [0.29, 0.717) is 18.1 Å². The molecule has 1 fully saturated rings. The van der Waals surface area contributed by atoms with Crippen molar-refractivity contribution in [2.75, 3.05) is 33.8 Å². The van der Waals surface area contributed by atoms with Crippen LogP contribution in [-0.2, 0) is 9.09 Å². The molecule has 7 nitrogen and oxygen atoms in total. The van der Waals surface area contributed by atoms with Gasteiger partial charge in [0.15, 0.2) is 0 Å². The van der Waals surface area contributed by atoms with Crippen LogP contribution in [0.2, 0.25) is 0 Å². The average molecular weight is 449 g/mol. The van der Waals surface area contributed by atoms with Crippen molar-refractivity contribution in [3.8, 4) is 11.5 Å². The zero-order valence-corrected chi connectivity index (χ0v) is 19.4. The van der Waals surface area contributed by atoms with Crippen molar-refractivity contribution in [1.29, 1.82) is 0 Å². The van der Waals surface area contributed by atoms with Gasteiger partial charge in [0.25, 0.3) is 0 Å². The summed E-state index contributed by atoms with van der Waals surface area (Å²) in [5.74, 6) is 0.850. The molecule has 0 unspecified atom stereocenters. The molecule has 0 bridgehead atoms. The Labute approximate surface area is 179 Å². The zero-order valence-electron chi connectivity index (χ0n) is 17.6. The first-order chi connectivity index (χ1) is 14.5. The molecule has 162 valence electrons. The number of rotatable bonds is 9. The lowest BCUT2D eigenvalue weighted by molar-refractivity contribution is 0.336. The summed E-state index contributed by atoms with van der Waals surface area (Å²) in [6, 6.07) is 17.9. The van der Waals surface area contributed by atoms with Crippen LogP contribution in [0.25, 0.3) is 0 Å². The maximum atomic E-state index is 14.0. The molecule has 0 radical (unpaired) electrons. The van der Waals surface area contributed by atoms with Gasteiger partial charge in [0.1, 0.15) is 11.5 Å². The van der Waals surface area contributed by atoms with Crippen LogP contribution in [0.15, 0.2) is 77.3 Å². The molecule has 0 aliphatic carbocycles. The van der Waals surface area contributed by atoms with Crippen LogP contribution in [0.3, 0.4) is 0 Å². The van der Waals surface area contributed by atoms with E-state index in [-0.39, 0.29) is 0 Å². The van der Waals surface area contributed by atoms with Crippen molar-refractivity contribution in [2.45, 2.75) is 13.3 Å². The summed E-state index contributed by atoms with van der Waals surface area (Å²) in [5, 5.41) is 0. The van der Waals surface area contributed by atoms with E-state index in [1.165, 1.54) is 0 Å². The van der Waals surface area contributed by atoms with Gasteiger partial charge >= 0.3 is 7.75 Å². The lowest BCUT2D eigenvalue weighted by atomic mass is 10.3. The Morgan fingerprint density at radius 1 is 0.933 bits per heavy atom. The van der Waals surface area contributed by atoms with Gasteiger partial charge in [-0.2, -0.15) is 0 Å². The van der Waals surface area contributed by atoms with Gasteiger partial charge in [-0.1, -0.05) is 55.5 Å². The lowest BCUT2D eigenvalue weighted by Crippen LogP contribution is -2.17. The van der Waals surface area contributed by atoms with Crippen molar-refractivity contribution in [1.82, 2.24) is 9.34 Å². The van der Waals surface area contributed by atoms with Gasteiger partial charge in [0.2, 0.25) is 7.58 Å². The standard InChI is InChI=1S/C21H29N3O4P2/c1-4-5-12-19-26-29(23(2)17-18-24(29)3)22-30(25,27-20-13-8-6-9-14-20)28-21-15-10-7-11-16-21/h5-16H,4,17-19H2,1-3H3/b12-5+. The molecular formula is C21H29N3O4P2. The van der Waals surface area contributed by atoms with Crippen molar-refractivity contribution >= 4 is 15.3 Å². The van der Waals surface area contributed by atoms with Crippen molar-refractivity contribution < 1.29 is 18.1 Å². The van der Waals surface area contributed by atoms with E-state index in [2.05, 4.69) is 6.92 Å². The van der Waals surface area contributed by atoms with Gasteiger partial charge < -0.3 is 13.6 Å². The number of para-hydroxylation sites is 2. The highest BCUT2D eigenvalue weighted by molar-refractivity contribution is 7.67. The van der Waals surface area contributed by atoms with Crippen LogP contribution >= 0.6 is 15.3 Å². The fraction of sp³-hybridized carbons (Fsp3) is 0.333. The Balaban J connectivity index is 2.03. The zero-order chi connectivity index (χ0) is 21.5. The normalized spacial score (nSPS) is 17.3. The first kappa shape index (κ1) is 22.8. The predicted molar refractivity (Wildman–Crippen MR) is 122 cm³/mol. The minimum absolute atomic E-state index is 0.371. The lowest BCUT2D eigenvalue weighted by Gasteiger charge is -2.31. The molecule has 2 aromatic rings. The number of hydrogen-bond acceptors (Lipinski definition) is 4. The molecule has 0 spiro atoms. The fourth-order valence-corrected chi connectivity index (χ4v) is 8.42. The molecule has 0 amide bonds. The summed E-state index contributed by atoms with van der Waals surface area (Å²) >= 11 is 0. The Bertz CT molecular complexity index is 878. The highest BCUT2D eigenvalue weighted by Crippen LogP contribution is 2.67. The van der Waals surface area contributed by atoms with E-state index in [9.17, 15) is 4.57 Å². The van der Waals surface area contributed by atoms with Crippen LogP contribution in [0.1, 0.15) is 13.3 Å². The van der Waals surface area contributed by atoms with Crippen molar-refractivity contribution in [3.63, 3.8) is 0 Å². The second-order valence-corrected chi connectivity index (χ2v) is 11.5. The molecule has 0 atom stereocenters. The van der Waals surface area contributed by atoms with Crippen molar-refractivity contribution in [2.24, 2.45) is 4.52 Å². The SMILES string of the molecule is CC/C=C/COP1(=NP(=O)(Oc2ccccc2)Oc2ccccc2)N(C)CCN1C. The Morgan fingerprint density at radius 2 is 1.43 bits per heavy atom. The maximum Gasteiger partial charge on any atom is 0.566 e. The minimum Gasteiger partial charge on any atom is -0.399 e. The number of likely N-dealkylation sites (N-methyl/N-ethyl adjacent to an activating group) is 2. The molecule has 9 heteroatoms. The van der Waals surface area contributed by atoms with E-state index in [1.54, 1.807) is 24.3 Å². The number of allylic oxidation sites excluding steroid dienone is 1. The largest absolute Gasteiger partial charge is 0.566 e. The molecule has 3 rings (SSSR count). The third kappa shape index (κ3) is 5.63. The quantitative estimate of drug-likeness (QED) is 0.343. The van der Waals surface area contributed by atoms with Gasteiger partial charge in [-0.05, 0) is 44.8 Å². The van der Waals surface area contributed by atoms with Gasteiger partial charge in [0.05, 0.1) is 6.61 Å². The first-order valence-corrected chi connectivity index (χ1v) is 13.0. The van der Waals surface area contributed by atoms with Crippen LogP contribution in [0.5, 0.6) is 11.5 Å². The predicted octanol–water partition coefficient (Wildman–Crippen LogP) is 6.06. The molecule has 0 saturated carbocycles. The first-order valence-electron chi connectivity index (χ1n) is 9.93. The van der Waals surface area contributed by atoms with Crippen LogP contribution in [0.4, 0.5) is 0 Å². The Morgan fingerprint density at radius 3 is 1.90 bits per heavy atom. The highest BCUT2D eigenvalue weighted by Gasteiger charge is 2.43. The Hall–Kier alpha value is -1.88. The molecule has 0 aromatic heterocycles. The van der Waals surface area contributed by atoms with Gasteiger partial charge in [-0.25, -0.2) is 13.9 Å². The van der Waals surface area contributed by atoms with E-state index in [1.807, 2.05) is 72.0 Å². The van der Waals surface area contributed by atoms with Crippen LogP contribution in [-0.4, -0.2) is 43.1 Å². The van der Waals surface area contributed by atoms with Crippen molar-refractivity contribution in [3.05, 3.63) is 72.8 Å². The molecule has 0 N–H and O–H groups in total. The molecular weight excluding hydrogens is 420 g/mol. The summed E-state index contributed by atoms with van der Waals surface area (Å²) in [4.78, 5) is 0. The average Bonchev–Trinajstić information content (AvgIpc) is 3.00. The summed E-state index contributed by atoms with van der Waals surface area (Å²) in [5.41, 5.74) is 0. The van der Waals surface area contributed by atoms with E-state index < -0.39 is 15.3 Å². The molecule has 2 aromatic carbocycles. The monoisotopic (exact) mass is 449 g/mol. The fourth-order valence-electron chi connectivity index (χ4n) is 2.97. The second-order valence-electron chi connectivity index (χ2n) is 6.82. The number of nitrogens with zero attached hydrogens (tertiary/aromatic N) is 3. The highest BCUT2D eigenvalue weighted by atomic mass is 31.2. The molecule has 1 heterocycles. The van der Waals surface area contributed by atoms with Gasteiger partial charge in [-0.3, -0.25) is 0 Å². The van der Waals surface area contributed by atoms with E-state index >= 15 is 0 Å². The summed E-state index contributed by atoms with van der Waals surface area (Å²) in [6.07, 6.45) is 4.91.